The molecule has 0 atom stereocenters. The molecule has 32 heavy (non-hydrogen) atoms. The summed E-state index contributed by atoms with van der Waals surface area (Å²) in [5.74, 6) is -3.91. The zero-order valence-electron chi connectivity index (χ0n) is 17.7. The lowest BCUT2D eigenvalue weighted by molar-refractivity contribution is -0.116. The third-order valence-electron chi connectivity index (χ3n) is 5.46. The van der Waals surface area contributed by atoms with E-state index in [1.54, 1.807) is 41.8 Å². The van der Waals surface area contributed by atoms with Crippen LogP contribution in [0.1, 0.15) is 48.7 Å². The zero-order valence-corrected chi connectivity index (χ0v) is 17.7. The smallest absolute Gasteiger partial charge is 0.343 e. The molecule has 0 unspecified atom stereocenters. The van der Waals surface area contributed by atoms with E-state index in [4.69, 9.17) is 4.74 Å². The van der Waals surface area contributed by atoms with Crippen LogP contribution < -0.4 is 10.3 Å². The number of hydrogen-bond acceptors (Lipinski definition) is 4. The number of aromatic nitrogens is 1. The Morgan fingerprint density at radius 3 is 2.47 bits per heavy atom. The molecule has 0 saturated heterocycles. The quantitative estimate of drug-likeness (QED) is 0.535. The Morgan fingerprint density at radius 2 is 1.88 bits per heavy atom. The molecule has 6 nitrogen and oxygen atoms in total. The number of esters is 1. The van der Waals surface area contributed by atoms with Crippen LogP contribution in [0.2, 0.25) is 0 Å². The van der Waals surface area contributed by atoms with Gasteiger partial charge in [0.1, 0.15) is 5.56 Å². The minimum absolute atomic E-state index is 0.0520. The first kappa shape index (κ1) is 21.7. The van der Waals surface area contributed by atoms with E-state index >= 15 is 4.39 Å². The number of ether oxygens (including phenoxy) is 1. The van der Waals surface area contributed by atoms with Crippen LogP contribution in [0.3, 0.4) is 0 Å². The fourth-order valence-corrected chi connectivity index (χ4v) is 3.81. The molecule has 166 valence electrons. The predicted molar refractivity (Wildman–Crippen MR) is 116 cm³/mol. The predicted octanol–water partition coefficient (Wildman–Crippen LogP) is 4.34. The van der Waals surface area contributed by atoms with Crippen molar-refractivity contribution in [1.29, 1.82) is 0 Å². The standard InChI is InChI=1S/C24H22F2N2O4/c1-3-32-24(31)17-13-28(16-9-10-16)19-11-18(25)21(26)22(20(19)23(17)30)27(14(2)29)12-15-7-5-4-6-8-15/h4-8,11,13,16H,3,9-10,12H2,1-2H3. The van der Waals surface area contributed by atoms with Gasteiger partial charge in [-0.3, -0.25) is 9.59 Å². The van der Waals surface area contributed by atoms with Gasteiger partial charge < -0.3 is 14.2 Å². The largest absolute Gasteiger partial charge is 0.462 e. The lowest BCUT2D eigenvalue weighted by Crippen LogP contribution is -2.31. The Bertz CT molecular complexity index is 1270. The van der Waals surface area contributed by atoms with Crippen molar-refractivity contribution in [3.8, 4) is 0 Å². The second-order valence-corrected chi connectivity index (χ2v) is 7.74. The van der Waals surface area contributed by atoms with Gasteiger partial charge in [-0.25, -0.2) is 13.6 Å². The van der Waals surface area contributed by atoms with E-state index in [1.165, 1.54) is 13.1 Å². The average Bonchev–Trinajstić information content (AvgIpc) is 3.60. The maximum Gasteiger partial charge on any atom is 0.343 e. The zero-order chi connectivity index (χ0) is 23.0. The van der Waals surface area contributed by atoms with Crippen LogP contribution in [-0.2, 0) is 16.1 Å². The van der Waals surface area contributed by atoms with Crippen LogP contribution in [-0.4, -0.2) is 23.1 Å². The molecular formula is C24H22F2N2O4. The Balaban J connectivity index is 2.04. The van der Waals surface area contributed by atoms with Crippen molar-refractivity contribution in [2.75, 3.05) is 11.5 Å². The number of carbonyl (C=O) groups excluding carboxylic acids is 2. The summed E-state index contributed by atoms with van der Waals surface area (Å²) in [5.41, 5.74) is -0.741. The molecule has 0 bridgehead atoms. The number of benzene rings is 2. The summed E-state index contributed by atoms with van der Waals surface area (Å²) in [6.07, 6.45) is 2.89. The molecule has 1 fully saturated rings. The van der Waals surface area contributed by atoms with E-state index < -0.39 is 34.6 Å². The number of carbonyl (C=O) groups is 2. The monoisotopic (exact) mass is 440 g/mol. The molecule has 2 aromatic carbocycles. The summed E-state index contributed by atoms with van der Waals surface area (Å²) in [6.45, 7) is 2.81. The number of halogens is 2. The highest BCUT2D eigenvalue weighted by atomic mass is 19.2. The number of pyridine rings is 1. The highest BCUT2D eigenvalue weighted by Gasteiger charge is 2.32. The summed E-state index contributed by atoms with van der Waals surface area (Å²) in [6, 6.07) is 9.68. The maximum atomic E-state index is 15.2. The van der Waals surface area contributed by atoms with Crippen LogP contribution >= 0.6 is 0 Å². The van der Waals surface area contributed by atoms with Crippen LogP contribution in [0.25, 0.3) is 10.9 Å². The number of rotatable bonds is 6. The molecule has 8 heteroatoms. The fraction of sp³-hybridized carbons (Fsp3) is 0.292. The van der Waals surface area contributed by atoms with E-state index in [-0.39, 0.29) is 35.7 Å². The highest BCUT2D eigenvalue weighted by molar-refractivity contribution is 6.04. The van der Waals surface area contributed by atoms with Gasteiger partial charge in [0.05, 0.1) is 29.7 Å². The molecule has 1 saturated carbocycles. The molecule has 1 amide bonds. The summed E-state index contributed by atoms with van der Waals surface area (Å²) < 4.78 is 36.6. The van der Waals surface area contributed by atoms with Crippen LogP contribution in [0.5, 0.6) is 0 Å². The molecule has 1 heterocycles. The molecule has 4 rings (SSSR count). The summed E-state index contributed by atoms with van der Waals surface area (Å²) in [5, 5.41) is -0.215. The second kappa shape index (κ2) is 8.53. The molecule has 0 N–H and O–H groups in total. The van der Waals surface area contributed by atoms with E-state index in [0.29, 0.717) is 5.56 Å². The molecule has 3 aromatic rings. The summed E-state index contributed by atoms with van der Waals surface area (Å²) in [4.78, 5) is 39.4. The molecule has 1 aliphatic rings. The molecule has 1 aromatic heterocycles. The molecule has 1 aliphatic carbocycles. The van der Waals surface area contributed by atoms with E-state index in [0.717, 1.165) is 23.8 Å². The lowest BCUT2D eigenvalue weighted by Gasteiger charge is -2.25. The first-order valence-electron chi connectivity index (χ1n) is 10.4. The first-order chi connectivity index (χ1) is 15.3. The minimum atomic E-state index is -1.32. The number of fused-ring (bicyclic) bond motifs is 1. The first-order valence-corrected chi connectivity index (χ1v) is 10.4. The lowest BCUT2D eigenvalue weighted by atomic mass is 10.1. The van der Waals surface area contributed by atoms with Gasteiger partial charge in [-0.15, -0.1) is 0 Å². The van der Waals surface area contributed by atoms with Crippen molar-refractivity contribution in [1.82, 2.24) is 4.57 Å². The molecule has 0 radical (unpaired) electrons. The third-order valence-corrected chi connectivity index (χ3v) is 5.46. The second-order valence-electron chi connectivity index (χ2n) is 7.74. The molecular weight excluding hydrogens is 418 g/mol. The van der Waals surface area contributed by atoms with E-state index in [2.05, 4.69) is 0 Å². The van der Waals surface area contributed by atoms with Gasteiger partial charge in [-0.05, 0) is 25.3 Å². The van der Waals surface area contributed by atoms with Gasteiger partial charge in [-0.1, -0.05) is 30.3 Å². The van der Waals surface area contributed by atoms with E-state index in [9.17, 15) is 18.8 Å². The Labute approximate surface area is 183 Å². The van der Waals surface area contributed by atoms with Gasteiger partial charge in [0.2, 0.25) is 11.3 Å². The van der Waals surface area contributed by atoms with Crippen LogP contribution in [0.15, 0.2) is 47.4 Å². The Morgan fingerprint density at radius 1 is 1.19 bits per heavy atom. The SMILES string of the molecule is CCOC(=O)c1cn(C2CC2)c2cc(F)c(F)c(N(Cc3ccccc3)C(C)=O)c2c1=O. The Kier molecular flexibility index (Phi) is 5.78. The van der Waals surface area contributed by atoms with Gasteiger partial charge in [0.25, 0.3) is 0 Å². The van der Waals surface area contributed by atoms with Gasteiger partial charge in [0.15, 0.2) is 11.6 Å². The highest BCUT2D eigenvalue weighted by Crippen LogP contribution is 2.39. The van der Waals surface area contributed by atoms with Crippen LogP contribution in [0.4, 0.5) is 14.5 Å². The Hall–Kier alpha value is -3.55. The fourth-order valence-electron chi connectivity index (χ4n) is 3.81. The minimum Gasteiger partial charge on any atom is -0.462 e. The maximum absolute atomic E-state index is 15.2. The van der Waals surface area contributed by atoms with Crippen molar-refractivity contribution < 1.29 is 23.1 Å². The third kappa shape index (κ3) is 3.88. The van der Waals surface area contributed by atoms with Gasteiger partial charge in [0, 0.05) is 25.2 Å². The molecule has 0 spiro atoms. The number of hydrogen-bond donors (Lipinski definition) is 0. The average molecular weight is 440 g/mol. The van der Waals surface area contributed by atoms with Crippen molar-refractivity contribution >= 4 is 28.5 Å². The van der Waals surface area contributed by atoms with Crippen molar-refractivity contribution in [3.63, 3.8) is 0 Å². The topological polar surface area (TPSA) is 68.6 Å². The van der Waals surface area contributed by atoms with Crippen molar-refractivity contribution in [2.24, 2.45) is 0 Å². The number of amides is 1. The number of anilines is 1. The number of nitrogens with zero attached hydrogens (tertiary/aromatic N) is 2. The van der Waals surface area contributed by atoms with Crippen molar-refractivity contribution in [3.05, 3.63) is 75.6 Å². The van der Waals surface area contributed by atoms with E-state index in [1.807, 2.05) is 0 Å². The van der Waals surface area contributed by atoms with Crippen molar-refractivity contribution in [2.45, 2.75) is 39.3 Å². The van der Waals surface area contributed by atoms with Crippen LogP contribution in [0, 0.1) is 11.6 Å². The summed E-state index contributed by atoms with van der Waals surface area (Å²) >= 11 is 0. The normalized spacial score (nSPS) is 13.2. The van der Waals surface area contributed by atoms with Gasteiger partial charge in [-0.2, -0.15) is 0 Å². The summed E-state index contributed by atoms with van der Waals surface area (Å²) in [7, 11) is 0. The molecule has 0 aliphatic heterocycles. The van der Waals surface area contributed by atoms with Gasteiger partial charge >= 0.3 is 5.97 Å².